The maximum absolute atomic E-state index is 12.9. The quantitative estimate of drug-likeness (QED) is 0.807. The third-order valence-electron chi connectivity index (χ3n) is 4.97. The number of sulfone groups is 1. The van der Waals surface area contributed by atoms with Crippen LogP contribution in [0.1, 0.15) is 29.9 Å². The molecule has 4 rings (SSSR count). The third-order valence-corrected chi connectivity index (χ3v) is 6.63. The summed E-state index contributed by atoms with van der Waals surface area (Å²) in [7, 11) is -3.09. The normalized spacial score (nSPS) is 23.8. The SMILES string of the molecule is O=C(c1nnc2ccccc2n1)N1CCS(=O)(=O)CC1C1CCC1. The molecular weight excluding hydrogens is 328 g/mol. The summed E-state index contributed by atoms with van der Waals surface area (Å²) < 4.78 is 24.0. The zero-order valence-electron chi connectivity index (χ0n) is 13.1. The van der Waals surface area contributed by atoms with Crippen molar-refractivity contribution in [3.8, 4) is 0 Å². The average Bonchev–Trinajstić information content (AvgIpc) is 2.52. The number of hydrogen-bond donors (Lipinski definition) is 0. The van der Waals surface area contributed by atoms with Gasteiger partial charge in [-0.05, 0) is 30.9 Å². The lowest BCUT2D eigenvalue weighted by atomic mass is 9.79. The lowest BCUT2D eigenvalue weighted by Crippen LogP contribution is -2.55. The van der Waals surface area contributed by atoms with E-state index in [1.54, 1.807) is 17.0 Å². The van der Waals surface area contributed by atoms with Gasteiger partial charge >= 0.3 is 0 Å². The molecule has 1 aromatic heterocycles. The molecule has 1 aliphatic carbocycles. The number of nitrogens with zero attached hydrogens (tertiary/aromatic N) is 4. The van der Waals surface area contributed by atoms with Gasteiger partial charge in [-0.25, -0.2) is 13.4 Å². The molecule has 0 bridgehead atoms. The van der Waals surface area contributed by atoms with Gasteiger partial charge in [0.05, 0.1) is 17.0 Å². The Labute approximate surface area is 140 Å². The number of carbonyl (C=O) groups excluding carboxylic acids is 1. The van der Waals surface area contributed by atoms with E-state index in [1.165, 1.54) is 0 Å². The Morgan fingerprint density at radius 2 is 1.88 bits per heavy atom. The summed E-state index contributed by atoms with van der Waals surface area (Å²) in [5.74, 6) is 0.0303. The van der Waals surface area contributed by atoms with E-state index in [1.807, 2.05) is 12.1 Å². The van der Waals surface area contributed by atoms with Gasteiger partial charge in [-0.15, -0.1) is 10.2 Å². The smallest absolute Gasteiger partial charge is 0.293 e. The Bertz CT molecular complexity index is 895. The summed E-state index contributed by atoms with van der Waals surface area (Å²) in [4.78, 5) is 18.8. The minimum atomic E-state index is -3.09. The molecule has 1 aliphatic heterocycles. The largest absolute Gasteiger partial charge is 0.331 e. The number of hydrogen-bond acceptors (Lipinski definition) is 6. The zero-order valence-corrected chi connectivity index (χ0v) is 13.9. The van der Waals surface area contributed by atoms with Crippen LogP contribution in [0.4, 0.5) is 0 Å². The van der Waals surface area contributed by atoms with Crippen LogP contribution in [0.25, 0.3) is 11.0 Å². The fourth-order valence-electron chi connectivity index (χ4n) is 3.40. The van der Waals surface area contributed by atoms with Crippen LogP contribution in [0.2, 0.25) is 0 Å². The molecule has 1 unspecified atom stereocenters. The molecule has 2 fully saturated rings. The van der Waals surface area contributed by atoms with Crippen LogP contribution in [0, 0.1) is 5.92 Å². The second-order valence-corrected chi connectivity index (χ2v) is 8.72. The van der Waals surface area contributed by atoms with E-state index in [9.17, 15) is 13.2 Å². The first-order chi connectivity index (χ1) is 11.5. The molecule has 1 saturated heterocycles. The maximum Gasteiger partial charge on any atom is 0.293 e. The second kappa shape index (κ2) is 5.77. The van der Waals surface area contributed by atoms with Crippen molar-refractivity contribution in [1.29, 1.82) is 0 Å². The molecular formula is C16H18N4O3S. The lowest BCUT2D eigenvalue weighted by Gasteiger charge is -2.43. The molecule has 1 saturated carbocycles. The molecule has 8 heteroatoms. The van der Waals surface area contributed by atoms with Crippen molar-refractivity contribution in [2.45, 2.75) is 25.3 Å². The summed E-state index contributed by atoms with van der Waals surface area (Å²) in [5.41, 5.74) is 1.24. The summed E-state index contributed by atoms with van der Waals surface area (Å²) >= 11 is 0. The van der Waals surface area contributed by atoms with Crippen molar-refractivity contribution in [2.24, 2.45) is 5.92 Å². The van der Waals surface area contributed by atoms with Gasteiger partial charge in [-0.2, -0.15) is 0 Å². The molecule has 1 amide bonds. The molecule has 2 aliphatic rings. The third kappa shape index (κ3) is 2.75. The number of rotatable bonds is 2. The number of para-hydroxylation sites is 1. The van der Waals surface area contributed by atoms with Gasteiger partial charge in [-0.1, -0.05) is 18.6 Å². The highest BCUT2D eigenvalue weighted by atomic mass is 32.2. The first kappa shape index (κ1) is 15.4. The van der Waals surface area contributed by atoms with Gasteiger partial charge < -0.3 is 4.90 Å². The Balaban J connectivity index is 1.65. The fourth-order valence-corrected chi connectivity index (χ4v) is 5.02. The maximum atomic E-state index is 12.9. The van der Waals surface area contributed by atoms with Crippen LogP contribution in [0.15, 0.2) is 24.3 Å². The molecule has 126 valence electrons. The summed E-state index contributed by atoms with van der Waals surface area (Å²) in [6, 6.07) is 6.97. The van der Waals surface area contributed by atoms with Crippen molar-refractivity contribution in [2.75, 3.05) is 18.1 Å². The first-order valence-electron chi connectivity index (χ1n) is 8.14. The Hall–Kier alpha value is -2.09. The minimum Gasteiger partial charge on any atom is -0.331 e. The highest BCUT2D eigenvalue weighted by Gasteiger charge is 2.41. The van der Waals surface area contributed by atoms with Gasteiger partial charge in [0.25, 0.3) is 5.91 Å². The van der Waals surface area contributed by atoms with E-state index in [4.69, 9.17) is 0 Å². The Kier molecular flexibility index (Phi) is 3.71. The molecule has 0 radical (unpaired) electrons. The molecule has 2 heterocycles. The fraction of sp³-hybridized carbons (Fsp3) is 0.500. The van der Waals surface area contributed by atoms with Gasteiger partial charge in [0.1, 0.15) is 5.52 Å². The highest BCUT2D eigenvalue weighted by molar-refractivity contribution is 7.91. The molecule has 0 spiro atoms. The number of aromatic nitrogens is 3. The summed E-state index contributed by atoms with van der Waals surface area (Å²) in [6.07, 6.45) is 3.04. The van der Waals surface area contributed by atoms with E-state index in [0.29, 0.717) is 11.0 Å². The van der Waals surface area contributed by atoms with Crippen molar-refractivity contribution in [3.05, 3.63) is 30.1 Å². The number of amides is 1. The summed E-state index contributed by atoms with van der Waals surface area (Å²) in [5, 5.41) is 8.01. The lowest BCUT2D eigenvalue weighted by molar-refractivity contribution is 0.0550. The number of benzene rings is 1. The van der Waals surface area contributed by atoms with Crippen molar-refractivity contribution >= 4 is 26.8 Å². The molecule has 2 aromatic rings. The Morgan fingerprint density at radius 3 is 2.58 bits per heavy atom. The zero-order chi connectivity index (χ0) is 16.7. The van der Waals surface area contributed by atoms with E-state index in [-0.39, 0.29) is 41.7 Å². The van der Waals surface area contributed by atoms with E-state index >= 15 is 0 Å². The standard InChI is InChI=1S/C16H18N4O3S/c21-16(15-17-12-6-1-2-7-13(12)18-19-15)20-8-9-24(22,23)10-14(20)11-4-3-5-11/h1-2,6-7,11,14H,3-5,8-10H2. The predicted octanol–water partition coefficient (Wildman–Crippen LogP) is 1.06. The Morgan fingerprint density at radius 1 is 1.12 bits per heavy atom. The number of fused-ring (bicyclic) bond motifs is 1. The average molecular weight is 346 g/mol. The van der Waals surface area contributed by atoms with Gasteiger partial charge in [0, 0.05) is 12.6 Å². The molecule has 1 atom stereocenters. The van der Waals surface area contributed by atoms with Crippen LogP contribution in [-0.2, 0) is 9.84 Å². The molecule has 0 N–H and O–H groups in total. The monoisotopic (exact) mass is 346 g/mol. The topological polar surface area (TPSA) is 93.1 Å². The highest BCUT2D eigenvalue weighted by Crippen LogP contribution is 2.35. The van der Waals surface area contributed by atoms with E-state index in [2.05, 4.69) is 15.2 Å². The van der Waals surface area contributed by atoms with Crippen molar-refractivity contribution in [1.82, 2.24) is 20.1 Å². The van der Waals surface area contributed by atoms with Crippen LogP contribution in [0.5, 0.6) is 0 Å². The van der Waals surface area contributed by atoms with Crippen molar-refractivity contribution < 1.29 is 13.2 Å². The molecule has 7 nitrogen and oxygen atoms in total. The van der Waals surface area contributed by atoms with Gasteiger partial charge in [0.2, 0.25) is 5.82 Å². The first-order valence-corrected chi connectivity index (χ1v) is 9.96. The van der Waals surface area contributed by atoms with Crippen LogP contribution < -0.4 is 0 Å². The van der Waals surface area contributed by atoms with E-state index < -0.39 is 9.84 Å². The minimum absolute atomic E-state index is 0.00295. The number of carbonyl (C=O) groups is 1. The molecule has 1 aromatic carbocycles. The van der Waals surface area contributed by atoms with Crippen LogP contribution in [-0.4, -0.2) is 58.5 Å². The van der Waals surface area contributed by atoms with Gasteiger partial charge in [-0.3, -0.25) is 4.79 Å². The van der Waals surface area contributed by atoms with Crippen LogP contribution >= 0.6 is 0 Å². The molecule has 24 heavy (non-hydrogen) atoms. The summed E-state index contributed by atoms with van der Waals surface area (Å²) in [6.45, 7) is 0.207. The van der Waals surface area contributed by atoms with Crippen molar-refractivity contribution in [3.63, 3.8) is 0 Å². The second-order valence-electron chi connectivity index (χ2n) is 6.50. The van der Waals surface area contributed by atoms with Crippen LogP contribution in [0.3, 0.4) is 0 Å². The van der Waals surface area contributed by atoms with E-state index in [0.717, 1.165) is 19.3 Å². The van der Waals surface area contributed by atoms with Gasteiger partial charge in [0.15, 0.2) is 9.84 Å². The predicted molar refractivity (Wildman–Crippen MR) is 88.2 cm³/mol.